The molecule has 1 aromatic rings. The monoisotopic (exact) mass is 510 g/mol. The average Bonchev–Trinajstić information content (AvgIpc) is 3.43. The van der Waals surface area contributed by atoms with Crippen molar-refractivity contribution in [2.45, 2.75) is 44.7 Å². The highest BCUT2D eigenvalue weighted by Gasteiger charge is 2.22. The van der Waals surface area contributed by atoms with Gasteiger partial charge < -0.3 is 10.6 Å². The first-order valence-electron chi connectivity index (χ1n) is 9.27. The van der Waals surface area contributed by atoms with Crippen LogP contribution in [0.4, 0.5) is 0 Å². The molecular formula is C19H29Cl2IN4. The van der Waals surface area contributed by atoms with Crippen LogP contribution < -0.4 is 10.6 Å². The van der Waals surface area contributed by atoms with E-state index in [1.807, 2.05) is 19.2 Å². The molecule has 4 nitrogen and oxygen atoms in total. The molecule has 146 valence electrons. The number of nitrogens with zero attached hydrogens (tertiary/aromatic N) is 2. The Balaban J connectivity index is 0.00000243. The molecule has 0 unspecified atom stereocenters. The maximum atomic E-state index is 6.11. The topological polar surface area (TPSA) is 39.7 Å². The fourth-order valence-corrected chi connectivity index (χ4v) is 3.64. The smallest absolute Gasteiger partial charge is 0.191 e. The van der Waals surface area contributed by atoms with E-state index in [2.05, 4.69) is 26.6 Å². The number of rotatable bonds is 6. The maximum Gasteiger partial charge on any atom is 0.191 e. The summed E-state index contributed by atoms with van der Waals surface area (Å²) in [7, 11) is 1.85. The van der Waals surface area contributed by atoms with E-state index in [4.69, 9.17) is 23.2 Å². The number of halogens is 3. The quantitative estimate of drug-likeness (QED) is 0.335. The third-order valence-corrected chi connectivity index (χ3v) is 5.82. The third kappa shape index (κ3) is 7.06. The summed E-state index contributed by atoms with van der Waals surface area (Å²) in [6, 6.07) is 6.41. The van der Waals surface area contributed by atoms with Crippen molar-refractivity contribution in [3.05, 3.63) is 33.8 Å². The Kier molecular flexibility index (Phi) is 9.27. The zero-order valence-electron chi connectivity index (χ0n) is 15.3. The molecule has 26 heavy (non-hydrogen) atoms. The van der Waals surface area contributed by atoms with Crippen molar-refractivity contribution >= 4 is 53.1 Å². The molecule has 0 bridgehead atoms. The summed E-state index contributed by atoms with van der Waals surface area (Å²) in [6.45, 7) is 4.12. The number of likely N-dealkylation sites (tertiary alicyclic amines) is 1. The van der Waals surface area contributed by atoms with Gasteiger partial charge in [0.2, 0.25) is 0 Å². The molecule has 3 rings (SSSR count). The van der Waals surface area contributed by atoms with Crippen LogP contribution in [0.25, 0.3) is 0 Å². The molecule has 2 aliphatic rings. The zero-order chi connectivity index (χ0) is 17.6. The fraction of sp³-hybridized carbons (Fsp3) is 0.632. The highest BCUT2D eigenvalue weighted by molar-refractivity contribution is 14.0. The lowest BCUT2D eigenvalue weighted by Gasteiger charge is -2.33. The van der Waals surface area contributed by atoms with Gasteiger partial charge in [-0.25, -0.2) is 0 Å². The van der Waals surface area contributed by atoms with Crippen molar-refractivity contribution < 1.29 is 0 Å². The van der Waals surface area contributed by atoms with E-state index in [-0.39, 0.29) is 24.0 Å². The molecule has 1 saturated heterocycles. The highest BCUT2D eigenvalue weighted by Crippen LogP contribution is 2.31. The van der Waals surface area contributed by atoms with Gasteiger partial charge in [0.05, 0.1) is 10.0 Å². The van der Waals surface area contributed by atoms with Gasteiger partial charge in [0.25, 0.3) is 0 Å². The first-order chi connectivity index (χ1) is 12.1. The number of aliphatic imine (C=N–C) groups is 1. The molecule has 2 fully saturated rings. The number of nitrogens with one attached hydrogen (secondary N) is 2. The zero-order valence-corrected chi connectivity index (χ0v) is 19.2. The van der Waals surface area contributed by atoms with E-state index in [1.165, 1.54) is 24.8 Å². The molecule has 0 amide bonds. The first-order valence-corrected chi connectivity index (χ1v) is 10.0. The van der Waals surface area contributed by atoms with Crippen LogP contribution in [-0.2, 0) is 6.54 Å². The first kappa shape index (κ1) is 22.1. The fourth-order valence-electron chi connectivity index (χ4n) is 3.32. The van der Waals surface area contributed by atoms with Crippen LogP contribution in [0.1, 0.15) is 37.7 Å². The molecule has 1 saturated carbocycles. The van der Waals surface area contributed by atoms with Gasteiger partial charge in [-0.15, -0.1) is 24.0 Å². The number of piperidine rings is 1. The summed E-state index contributed by atoms with van der Waals surface area (Å²) in [4.78, 5) is 6.83. The lowest BCUT2D eigenvalue weighted by molar-refractivity contribution is 0.198. The second kappa shape index (κ2) is 10.9. The molecule has 0 aromatic heterocycles. The average molecular weight is 511 g/mol. The summed E-state index contributed by atoms with van der Waals surface area (Å²) in [5, 5.41) is 8.28. The Morgan fingerprint density at radius 1 is 1.15 bits per heavy atom. The van der Waals surface area contributed by atoms with Gasteiger partial charge in [-0.2, -0.15) is 0 Å². The summed E-state index contributed by atoms with van der Waals surface area (Å²) >= 11 is 12.1. The van der Waals surface area contributed by atoms with E-state index in [9.17, 15) is 0 Å². The molecule has 0 atom stereocenters. The second-order valence-electron chi connectivity index (χ2n) is 7.17. The van der Waals surface area contributed by atoms with Crippen molar-refractivity contribution in [3.8, 4) is 0 Å². The third-order valence-electron chi connectivity index (χ3n) is 5.08. The normalized spacial score (nSPS) is 19.1. The van der Waals surface area contributed by atoms with Crippen LogP contribution in [0.3, 0.4) is 0 Å². The summed E-state index contributed by atoms with van der Waals surface area (Å²) in [5.74, 6) is 1.90. The SMILES string of the molecule is CN=C(NCCC1CC1)NC1CCN(Cc2ccc(Cl)c(Cl)c2)CC1.I. The number of hydrogen-bond donors (Lipinski definition) is 2. The molecule has 0 spiro atoms. The van der Waals surface area contributed by atoms with Crippen LogP contribution in [0.5, 0.6) is 0 Å². The van der Waals surface area contributed by atoms with E-state index >= 15 is 0 Å². The number of guanidine groups is 1. The Labute approximate surface area is 184 Å². The summed E-state index contributed by atoms with van der Waals surface area (Å²) in [5.41, 5.74) is 1.22. The maximum absolute atomic E-state index is 6.11. The molecule has 1 aliphatic heterocycles. The van der Waals surface area contributed by atoms with Gasteiger partial charge >= 0.3 is 0 Å². The molecule has 1 aromatic carbocycles. The number of benzene rings is 1. The molecule has 2 N–H and O–H groups in total. The predicted molar refractivity (Wildman–Crippen MR) is 122 cm³/mol. The van der Waals surface area contributed by atoms with E-state index in [1.54, 1.807) is 0 Å². The molecule has 0 radical (unpaired) electrons. The van der Waals surface area contributed by atoms with Crippen molar-refractivity contribution in [3.63, 3.8) is 0 Å². The molecule has 7 heteroatoms. The van der Waals surface area contributed by atoms with Crippen LogP contribution in [0.15, 0.2) is 23.2 Å². The lowest BCUT2D eigenvalue weighted by Crippen LogP contribution is -2.48. The molecule has 1 heterocycles. The van der Waals surface area contributed by atoms with Crippen molar-refractivity contribution in [1.29, 1.82) is 0 Å². The molecular weight excluding hydrogens is 482 g/mol. The van der Waals surface area contributed by atoms with E-state index < -0.39 is 0 Å². The largest absolute Gasteiger partial charge is 0.356 e. The van der Waals surface area contributed by atoms with Crippen LogP contribution in [-0.4, -0.2) is 43.6 Å². The van der Waals surface area contributed by atoms with Crippen molar-refractivity contribution in [2.75, 3.05) is 26.7 Å². The van der Waals surface area contributed by atoms with Crippen LogP contribution >= 0.6 is 47.2 Å². The van der Waals surface area contributed by atoms with Gasteiger partial charge in [-0.05, 0) is 42.9 Å². The minimum atomic E-state index is 0. The second-order valence-corrected chi connectivity index (χ2v) is 7.99. The van der Waals surface area contributed by atoms with Gasteiger partial charge in [0.15, 0.2) is 5.96 Å². The van der Waals surface area contributed by atoms with E-state index in [0.717, 1.165) is 50.9 Å². The van der Waals surface area contributed by atoms with Crippen LogP contribution in [0, 0.1) is 5.92 Å². The molecule has 1 aliphatic carbocycles. The summed E-state index contributed by atoms with van der Waals surface area (Å²) < 4.78 is 0. The minimum absolute atomic E-state index is 0. The Bertz CT molecular complexity index is 599. The number of hydrogen-bond acceptors (Lipinski definition) is 2. The Morgan fingerprint density at radius 2 is 1.88 bits per heavy atom. The minimum Gasteiger partial charge on any atom is -0.356 e. The summed E-state index contributed by atoms with van der Waals surface area (Å²) in [6.07, 6.45) is 6.34. The van der Waals surface area contributed by atoms with Crippen LogP contribution in [0.2, 0.25) is 10.0 Å². The van der Waals surface area contributed by atoms with Gasteiger partial charge in [-0.1, -0.05) is 42.1 Å². The highest BCUT2D eigenvalue weighted by atomic mass is 127. The van der Waals surface area contributed by atoms with Crippen molar-refractivity contribution in [1.82, 2.24) is 15.5 Å². The Hall–Kier alpha value is -0.240. The Morgan fingerprint density at radius 3 is 2.50 bits per heavy atom. The van der Waals surface area contributed by atoms with Gasteiger partial charge in [0, 0.05) is 39.3 Å². The van der Waals surface area contributed by atoms with Gasteiger partial charge in [-0.3, -0.25) is 9.89 Å². The van der Waals surface area contributed by atoms with E-state index in [0.29, 0.717) is 16.1 Å². The van der Waals surface area contributed by atoms with Gasteiger partial charge in [0.1, 0.15) is 0 Å². The lowest BCUT2D eigenvalue weighted by atomic mass is 10.0. The predicted octanol–water partition coefficient (Wildman–Crippen LogP) is 4.54. The standard InChI is InChI=1S/C19H28Cl2N4.HI/c1-22-19(23-9-6-14-2-3-14)24-16-7-10-25(11-8-16)13-15-4-5-17(20)18(21)12-15;/h4-5,12,14,16H,2-3,6-11,13H2,1H3,(H2,22,23,24);1H. The van der Waals surface area contributed by atoms with Crippen molar-refractivity contribution in [2.24, 2.45) is 10.9 Å².